The van der Waals surface area contributed by atoms with Gasteiger partial charge in [0.1, 0.15) is 0 Å². The van der Waals surface area contributed by atoms with E-state index in [1.807, 2.05) is 41.8 Å². The predicted molar refractivity (Wildman–Crippen MR) is 115 cm³/mol. The average Bonchev–Trinajstić information content (AvgIpc) is 3.47. The fourth-order valence-corrected chi connectivity index (χ4v) is 3.65. The number of rotatable bonds is 6. The molecular weight excluding hydrogens is 386 g/mol. The van der Waals surface area contributed by atoms with Crippen molar-refractivity contribution in [2.45, 2.75) is 6.54 Å². The minimum absolute atomic E-state index is 0.358. The minimum atomic E-state index is -0.358. The first-order valence-corrected chi connectivity index (χ1v) is 9.82. The molecule has 3 heterocycles. The summed E-state index contributed by atoms with van der Waals surface area (Å²) in [5.74, 6) is 0.243. The van der Waals surface area contributed by atoms with Gasteiger partial charge in [0.15, 0.2) is 5.82 Å². The molecule has 6 nitrogen and oxygen atoms in total. The first-order valence-electron chi connectivity index (χ1n) is 8.94. The molecule has 0 aliphatic rings. The second kappa shape index (κ2) is 8.20. The number of thiophene rings is 1. The SMILES string of the molecule is COC(=O)c1ccc(CNc2nc(-c3cccs3)cc(-c3ccoc3)c2N)cc1. The molecule has 0 amide bonds. The normalized spacial score (nSPS) is 10.7. The quantitative estimate of drug-likeness (QED) is 0.436. The van der Waals surface area contributed by atoms with Crippen molar-refractivity contribution in [2.24, 2.45) is 0 Å². The number of nitrogens with two attached hydrogens (primary N) is 1. The number of carbonyl (C=O) groups excluding carboxylic acids is 1. The monoisotopic (exact) mass is 405 g/mol. The van der Waals surface area contributed by atoms with E-state index in [4.69, 9.17) is 19.9 Å². The number of hydrogen-bond donors (Lipinski definition) is 2. The predicted octanol–water partition coefficient (Wildman–Crippen LogP) is 5.05. The number of hydrogen-bond acceptors (Lipinski definition) is 7. The van der Waals surface area contributed by atoms with Gasteiger partial charge in [0, 0.05) is 17.7 Å². The van der Waals surface area contributed by atoms with Gasteiger partial charge in [-0.3, -0.25) is 0 Å². The van der Waals surface area contributed by atoms with Gasteiger partial charge < -0.3 is 20.2 Å². The summed E-state index contributed by atoms with van der Waals surface area (Å²) in [7, 11) is 1.37. The van der Waals surface area contributed by atoms with Crippen LogP contribution in [-0.4, -0.2) is 18.1 Å². The fourth-order valence-electron chi connectivity index (χ4n) is 2.96. The number of carbonyl (C=O) groups is 1. The summed E-state index contributed by atoms with van der Waals surface area (Å²) >= 11 is 1.62. The Bertz CT molecular complexity index is 1110. The van der Waals surface area contributed by atoms with E-state index in [9.17, 15) is 4.79 Å². The molecule has 3 aromatic heterocycles. The van der Waals surface area contributed by atoms with E-state index in [-0.39, 0.29) is 5.97 Å². The van der Waals surface area contributed by atoms with E-state index in [0.29, 0.717) is 23.6 Å². The van der Waals surface area contributed by atoms with Gasteiger partial charge in [-0.1, -0.05) is 18.2 Å². The lowest BCUT2D eigenvalue weighted by atomic mass is 10.1. The van der Waals surface area contributed by atoms with Gasteiger partial charge in [0.05, 0.1) is 41.5 Å². The Labute approximate surface area is 172 Å². The Morgan fingerprint density at radius 1 is 1.24 bits per heavy atom. The summed E-state index contributed by atoms with van der Waals surface area (Å²) in [6.45, 7) is 0.511. The summed E-state index contributed by atoms with van der Waals surface area (Å²) in [6.07, 6.45) is 3.29. The lowest BCUT2D eigenvalue weighted by Crippen LogP contribution is -2.07. The third-order valence-electron chi connectivity index (χ3n) is 4.50. The van der Waals surface area contributed by atoms with Crippen LogP contribution in [0.2, 0.25) is 0 Å². The number of furan rings is 1. The molecule has 0 saturated carbocycles. The largest absolute Gasteiger partial charge is 0.472 e. The van der Waals surface area contributed by atoms with Crippen LogP contribution >= 0.6 is 11.3 Å². The first kappa shape index (κ1) is 18.8. The van der Waals surface area contributed by atoms with Crippen molar-refractivity contribution in [1.29, 1.82) is 0 Å². The Kier molecular flexibility index (Phi) is 5.31. The van der Waals surface area contributed by atoms with Gasteiger partial charge in [-0.25, -0.2) is 9.78 Å². The zero-order valence-electron chi connectivity index (χ0n) is 15.7. The van der Waals surface area contributed by atoms with Gasteiger partial charge >= 0.3 is 5.97 Å². The van der Waals surface area contributed by atoms with Crippen LogP contribution < -0.4 is 11.1 Å². The molecule has 0 atom stereocenters. The standard InChI is InChI=1S/C22H19N3O3S/c1-27-22(26)15-6-4-14(5-7-15)12-24-21-20(23)17(16-8-9-28-13-16)11-18(25-21)19-3-2-10-29-19/h2-11,13H,12,23H2,1H3,(H,24,25). The van der Waals surface area contributed by atoms with Gasteiger partial charge in [-0.05, 0) is 41.3 Å². The summed E-state index contributed by atoms with van der Waals surface area (Å²) in [5.41, 5.74) is 11.1. The van der Waals surface area contributed by atoms with Gasteiger partial charge in [-0.15, -0.1) is 11.3 Å². The molecule has 0 radical (unpaired) electrons. The second-order valence-electron chi connectivity index (χ2n) is 6.35. The number of nitrogen functional groups attached to an aromatic ring is 1. The molecule has 0 aliphatic carbocycles. The summed E-state index contributed by atoms with van der Waals surface area (Å²) in [5, 5.41) is 5.33. The number of pyridine rings is 1. The molecule has 4 rings (SSSR count). The molecule has 0 saturated heterocycles. The van der Waals surface area contributed by atoms with Crippen molar-refractivity contribution >= 4 is 28.8 Å². The van der Waals surface area contributed by atoms with Crippen molar-refractivity contribution in [1.82, 2.24) is 4.98 Å². The number of nitrogens with one attached hydrogen (secondary N) is 1. The lowest BCUT2D eigenvalue weighted by molar-refractivity contribution is 0.0600. The Morgan fingerprint density at radius 2 is 2.07 bits per heavy atom. The summed E-state index contributed by atoms with van der Waals surface area (Å²) < 4.78 is 9.96. The van der Waals surface area contributed by atoms with Crippen molar-refractivity contribution < 1.29 is 13.9 Å². The molecule has 29 heavy (non-hydrogen) atoms. The van der Waals surface area contributed by atoms with Crippen LogP contribution in [0.1, 0.15) is 15.9 Å². The van der Waals surface area contributed by atoms with E-state index in [1.54, 1.807) is 36.0 Å². The molecule has 146 valence electrons. The van der Waals surface area contributed by atoms with Gasteiger partial charge in [-0.2, -0.15) is 0 Å². The topological polar surface area (TPSA) is 90.4 Å². The number of methoxy groups -OCH3 is 1. The third-order valence-corrected chi connectivity index (χ3v) is 5.39. The molecule has 4 aromatic rings. The molecule has 1 aromatic carbocycles. The zero-order chi connectivity index (χ0) is 20.2. The number of nitrogens with zero attached hydrogens (tertiary/aromatic N) is 1. The Morgan fingerprint density at radius 3 is 2.72 bits per heavy atom. The van der Waals surface area contributed by atoms with Crippen LogP contribution in [0, 0.1) is 0 Å². The highest BCUT2D eigenvalue weighted by atomic mass is 32.1. The van der Waals surface area contributed by atoms with E-state index in [2.05, 4.69) is 5.32 Å². The highest BCUT2D eigenvalue weighted by Crippen LogP contribution is 2.36. The van der Waals surface area contributed by atoms with E-state index in [0.717, 1.165) is 27.3 Å². The molecule has 0 spiro atoms. The van der Waals surface area contributed by atoms with Crippen LogP contribution in [-0.2, 0) is 11.3 Å². The number of anilines is 2. The third kappa shape index (κ3) is 4.00. The Hall–Kier alpha value is -3.58. The number of esters is 1. The van der Waals surface area contributed by atoms with Crippen LogP contribution in [0.15, 0.2) is 70.9 Å². The van der Waals surface area contributed by atoms with E-state index < -0.39 is 0 Å². The van der Waals surface area contributed by atoms with Crippen molar-refractivity contribution in [3.05, 3.63) is 77.6 Å². The fraction of sp³-hybridized carbons (Fsp3) is 0.0909. The maximum absolute atomic E-state index is 11.6. The highest BCUT2D eigenvalue weighted by Gasteiger charge is 2.14. The van der Waals surface area contributed by atoms with Crippen LogP contribution in [0.4, 0.5) is 11.5 Å². The van der Waals surface area contributed by atoms with Crippen molar-refractivity contribution in [3.63, 3.8) is 0 Å². The van der Waals surface area contributed by atoms with Gasteiger partial charge in [0.25, 0.3) is 0 Å². The molecule has 7 heteroatoms. The molecule has 0 aliphatic heterocycles. The first-order chi connectivity index (χ1) is 14.2. The van der Waals surface area contributed by atoms with Gasteiger partial charge in [0.2, 0.25) is 0 Å². The summed E-state index contributed by atoms with van der Waals surface area (Å²) in [4.78, 5) is 17.4. The Balaban J connectivity index is 1.63. The number of benzene rings is 1. The molecule has 0 unspecified atom stereocenters. The maximum Gasteiger partial charge on any atom is 0.337 e. The summed E-state index contributed by atoms with van der Waals surface area (Å²) in [6, 6.07) is 15.1. The van der Waals surface area contributed by atoms with Crippen molar-refractivity contribution in [3.8, 4) is 21.7 Å². The molecule has 0 bridgehead atoms. The lowest BCUT2D eigenvalue weighted by Gasteiger charge is -2.14. The van der Waals surface area contributed by atoms with E-state index in [1.165, 1.54) is 7.11 Å². The maximum atomic E-state index is 11.6. The highest BCUT2D eigenvalue weighted by molar-refractivity contribution is 7.13. The van der Waals surface area contributed by atoms with Crippen LogP contribution in [0.3, 0.4) is 0 Å². The van der Waals surface area contributed by atoms with Crippen molar-refractivity contribution in [2.75, 3.05) is 18.2 Å². The second-order valence-corrected chi connectivity index (χ2v) is 7.30. The van der Waals surface area contributed by atoms with Crippen LogP contribution in [0.25, 0.3) is 21.7 Å². The minimum Gasteiger partial charge on any atom is -0.472 e. The molecule has 0 fully saturated rings. The molecular formula is C22H19N3O3S. The molecule has 3 N–H and O–H groups in total. The average molecular weight is 405 g/mol. The number of aromatic nitrogens is 1. The smallest absolute Gasteiger partial charge is 0.337 e. The number of ether oxygens (including phenoxy) is 1. The van der Waals surface area contributed by atoms with Crippen LogP contribution in [0.5, 0.6) is 0 Å². The zero-order valence-corrected chi connectivity index (χ0v) is 16.5. The van der Waals surface area contributed by atoms with E-state index >= 15 is 0 Å².